The summed E-state index contributed by atoms with van der Waals surface area (Å²) in [6, 6.07) is 0.755. The second kappa shape index (κ2) is 7.86. The van der Waals surface area contributed by atoms with Crippen molar-refractivity contribution in [3.05, 3.63) is 58.4 Å². The number of aliphatic hydroxyl groups excluding tert-OH is 1. The number of rotatable bonds is 3. The third-order valence-electron chi connectivity index (χ3n) is 5.59. The minimum absolute atomic E-state index is 0.103. The van der Waals surface area contributed by atoms with Crippen molar-refractivity contribution in [1.29, 1.82) is 0 Å². The molecule has 0 aliphatic carbocycles. The van der Waals surface area contributed by atoms with E-state index in [4.69, 9.17) is 11.6 Å². The number of nitrogens with one attached hydrogen (secondary N) is 1. The number of fused-ring (bicyclic) bond motifs is 4. The van der Waals surface area contributed by atoms with Crippen LogP contribution in [0.5, 0.6) is 0 Å². The summed E-state index contributed by atoms with van der Waals surface area (Å²) in [6.07, 6.45) is 2.68. The molecular formula is C20H19ClF3N3O3. The van der Waals surface area contributed by atoms with Crippen LogP contribution in [0.4, 0.5) is 13.2 Å². The van der Waals surface area contributed by atoms with Gasteiger partial charge in [0.05, 0.1) is 11.4 Å². The second-order valence-electron chi connectivity index (χ2n) is 7.54. The highest BCUT2D eigenvalue weighted by Crippen LogP contribution is 2.35. The molecule has 0 radical (unpaired) electrons. The van der Waals surface area contributed by atoms with Crippen LogP contribution < -0.4 is 5.32 Å². The van der Waals surface area contributed by atoms with Crippen molar-refractivity contribution in [2.45, 2.75) is 37.2 Å². The lowest BCUT2D eigenvalue weighted by atomic mass is 9.99. The Kier molecular flexibility index (Phi) is 5.40. The molecule has 0 saturated carbocycles. The van der Waals surface area contributed by atoms with Gasteiger partial charge in [-0.05, 0) is 12.8 Å². The monoisotopic (exact) mass is 441 g/mol. The highest BCUT2D eigenvalue weighted by molar-refractivity contribution is 6.21. The molecular weight excluding hydrogens is 423 g/mol. The first-order valence-electron chi connectivity index (χ1n) is 9.52. The molecule has 2 atom stereocenters. The SMILES string of the molecule is O=C(NCc1c(F)cc(F)cc1F)C1=CN2C(=C(O)C1)C(=O)N1CCC[C@H](Cl)[C@H]2C1. The number of hydrogen-bond donors (Lipinski definition) is 2. The van der Waals surface area contributed by atoms with Crippen molar-refractivity contribution < 1.29 is 27.9 Å². The maximum absolute atomic E-state index is 13.8. The molecule has 0 unspecified atom stereocenters. The molecule has 160 valence electrons. The molecule has 0 spiro atoms. The fraction of sp³-hybridized carbons (Fsp3) is 0.400. The summed E-state index contributed by atoms with van der Waals surface area (Å²) >= 11 is 6.49. The lowest BCUT2D eigenvalue weighted by Crippen LogP contribution is -2.55. The number of allylic oxidation sites excluding steroid dienone is 1. The van der Waals surface area contributed by atoms with Gasteiger partial charge in [-0.1, -0.05) is 0 Å². The van der Waals surface area contributed by atoms with Crippen LogP contribution in [0.2, 0.25) is 0 Å². The van der Waals surface area contributed by atoms with Crippen LogP contribution in [-0.2, 0) is 16.1 Å². The Labute approximate surface area is 175 Å². The summed E-state index contributed by atoms with van der Waals surface area (Å²) in [5.41, 5.74) is -0.255. The summed E-state index contributed by atoms with van der Waals surface area (Å²) in [4.78, 5) is 28.5. The van der Waals surface area contributed by atoms with Crippen LogP contribution in [0.15, 0.2) is 35.4 Å². The van der Waals surface area contributed by atoms with E-state index >= 15 is 0 Å². The van der Waals surface area contributed by atoms with E-state index in [1.807, 2.05) is 0 Å². The molecule has 3 heterocycles. The standard InChI is InChI=1S/C20H19ClF3N3O3/c21-13-2-1-3-26-9-16(13)27-8-10(4-17(28)18(27)20(26)30)19(29)25-7-12-14(23)5-11(22)6-15(12)24/h5-6,8,13,16,28H,1-4,7,9H2,(H,25,29)/t13-,16+/m0/s1. The highest BCUT2D eigenvalue weighted by Gasteiger charge is 2.44. The van der Waals surface area contributed by atoms with Gasteiger partial charge in [0.1, 0.15) is 28.9 Å². The molecule has 6 nitrogen and oxygen atoms in total. The number of hydrogen-bond acceptors (Lipinski definition) is 4. The Balaban J connectivity index is 1.55. The average molecular weight is 442 g/mol. The van der Waals surface area contributed by atoms with Crippen LogP contribution in [0.3, 0.4) is 0 Å². The van der Waals surface area contributed by atoms with Crippen molar-refractivity contribution in [1.82, 2.24) is 15.1 Å². The molecule has 1 aromatic carbocycles. The van der Waals surface area contributed by atoms with Gasteiger partial charge in [0.15, 0.2) is 0 Å². The van der Waals surface area contributed by atoms with E-state index < -0.39 is 35.5 Å². The van der Waals surface area contributed by atoms with Gasteiger partial charge in [0.25, 0.3) is 5.91 Å². The average Bonchev–Trinajstić information content (AvgIpc) is 2.84. The third-order valence-corrected chi connectivity index (χ3v) is 6.10. The second-order valence-corrected chi connectivity index (χ2v) is 8.10. The molecule has 2 bridgehead atoms. The van der Waals surface area contributed by atoms with Gasteiger partial charge >= 0.3 is 0 Å². The Morgan fingerprint density at radius 3 is 2.67 bits per heavy atom. The maximum atomic E-state index is 13.8. The van der Waals surface area contributed by atoms with Crippen LogP contribution in [0.1, 0.15) is 24.8 Å². The third kappa shape index (κ3) is 3.62. The number of nitrogens with zero attached hydrogens (tertiary/aromatic N) is 2. The largest absolute Gasteiger partial charge is 0.510 e. The molecule has 1 aromatic rings. The number of carbonyl (C=O) groups excluding carboxylic acids is 2. The van der Waals surface area contributed by atoms with Crippen LogP contribution in [-0.4, -0.2) is 51.2 Å². The van der Waals surface area contributed by atoms with Crippen molar-refractivity contribution in [2.24, 2.45) is 0 Å². The number of halogens is 4. The molecule has 2 fully saturated rings. The summed E-state index contributed by atoms with van der Waals surface area (Å²) in [6.45, 7) is 0.427. The van der Waals surface area contributed by atoms with Gasteiger partial charge in [-0.25, -0.2) is 13.2 Å². The van der Waals surface area contributed by atoms with Gasteiger partial charge in [-0.3, -0.25) is 9.59 Å². The lowest BCUT2D eigenvalue weighted by Gasteiger charge is -2.43. The molecule has 4 rings (SSSR count). The molecule has 0 aromatic heterocycles. The fourth-order valence-electron chi connectivity index (χ4n) is 4.05. The van der Waals surface area contributed by atoms with Crippen molar-refractivity contribution in [2.75, 3.05) is 13.1 Å². The molecule has 3 aliphatic rings. The van der Waals surface area contributed by atoms with Gasteiger partial charge in [-0.2, -0.15) is 0 Å². The predicted molar refractivity (Wildman–Crippen MR) is 102 cm³/mol. The number of piperazine rings is 1. The van der Waals surface area contributed by atoms with Crippen LogP contribution in [0.25, 0.3) is 0 Å². The summed E-state index contributed by atoms with van der Waals surface area (Å²) in [5, 5.41) is 12.6. The van der Waals surface area contributed by atoms with E-state index in [2.05, 4.69) is 5.32 Å². The Morgan fingerprint density at radius 2 is 1.97 bits per heavy atom. The number of amides is 2. The fourth-order valence-corrected chi connectivity index (χ4v) is 4.40. The molecule has 10 heteroatoms. The lowest BCUT2D eigenvalue weighted by molar-refractivity contribution is -0.132. The van der Waals surface area contributed by atoms with Crippen LogP contribution in [0, 0.1) is 17.5 Å². The molecule has 2 saturated heterocycles. The molecule has 3 aliphatic heterocycles. The number of alkyl halides is 1. The summed E-state index contributed by atoms with van der Waals surface area (Å²) in [5.74, 6) is -4.52. The van der Waals surface area contributed by atoms with E-state index in [1.165, 1.54) is 11.1 Å². The van der Waals surface area contributed by atoms with Gasteiger partial charge in [0, 0.05) is 55.5 Å². The maximum Gasteiger partial charge on any atom is 0.274 e. The van der Waals surface area contributed by atoms with E-state index in [-0.39, 0.29) is 40.8 Å². The van der Waals surface area contributed by atoms with E-state index in [0.717, 1.165) is 6.42 Å². The van der Waals surface area contributed by atoms with Crippen molar-refractivity contribution in [3.8, 4) is 0 Å². The van der Waals surface area contributed by atoms with Crippen molar-refractivity contribution >= 4 is 23.4 Å². The first-order chi connectivity index (χ1) is 14.3. The van der Waals surface area contributed by atoms with Crippen LogP contribution >= 0.6 is 11.6 Å². The summed E-state index contributed by atoms with van der Waals surface area (Å²) in [7, 11) is 0. The predicted octanol–water partition coefficient (Wildman–Crippen LogP) is 2.69. The Bertz CT molecular complexity index is 958. The number of aliphatic hydroxyl groups is 1. The van der Waals surface area contributed by atoms with Crippen molar-refractivity contribution in [3.63, 3.8) is 0 Å². The Morgan fingerprint density at radius 1 is 1.27 bits per heavy atom. The molecule has 2 amide bonds. The minimum Gasteiger partial charge on any atom is -0.510 e. The zero-order chi connectivity index (χ0) is 21.6. The zero-order valence-electron chi connectivity index (χ0n) is 15.8. The Hall–Kier alpha value is -2.68. The highest BCUT2D eigenvalue weighted by atomic mass is 35.5. The van der Waals surface area contributed by atoms with Gasteiger partial charge in [0.2, 0.25) is 5.91 Å². The smallest absolute Gasteiger partial charge is 0.274 e. The quantitative estimate of drug-likeness (QED) is 0.707. The normalized spacial score (nSPS) is 23.7. The molecule has 2 N–H and O–H groups in total. The zero-order valence-corrected chi connectivity index (χ0v) is 16.6. The van der Waals surface area contributed by atoms with Gasteiger partial charge in [-0.15, -0.1) is 11.6 Å². The van der Waals surface area contributed by atoms with E-state index in [1.54, 1.807) is 4.90 Å². The number of carbonyl (C=O) groups is 2. The first-order valence-corrected chi connectivity index (χ1v) is 9.96. The minimum atomic E-state index is -1.11. The summed E-state index contributed by atoms with van der Waals surface area (Å²) < 4.78 is 40.6. The van der Waals surface area contributed by atoms with E-state index in [0.29, 0.717) is 31.6 Å². The topological polar surface area (TPSA) is 72.9 Å². The molecule has 30 heavy (non-hydrogen) atoms. The first kappa shape index (κ1) is 20.6. The number of benzene rings is 1. The van der Waals surface area contributed by atoms with Gasteiger partial charge < -0.3 is 20.2 Å². The van der Waals surface area contributed by atoms with E-state index in [9.17, 15) is 27.9 Å².